The molecule has 3 saturated heterocycles. The van der Waals surface area contributed by atoms with E-state index in [1.807, 2.05) is 0 Å². The summed E-state index contributed by atoms with van der Waals surface area (Å²) in [5, 5.41) is 7.34. The average Bonchev–Trinajstić information content (AvgIpc) is 2.93. The van der Waals surface area contributed by atoms with Crippen LogP contribution in [0.3, 0.4) is 0 Å². The molecule has 2 aromatic rings. The minimum atomic E-state index is -0.00382. The van der Waals surface area contributed by atoms with E-state index < -0.39 is 0 Å². The van der Waals surface area contributed by atoms with Crippen LogP contribution in [-0.4, -0.2) is 73.7 Å². The van der Waals surface area contributed by atoms with E-state index in [4.69, 9.17) is 31.7 Å². The quantitative estimate of drug-likeness (QED) is 0.566. The van der Waals surface area contributed by atoms with Crippen LogP contribution in [0.4, 0.5) is 17.6 Å². The molecule has 0 saturated carbocycles. The Hall–Kier alpha value is -2.49. The standard InChI is InChI=1S/C27H38N6O2S/c1-21-7-5-6-12-33(21)24-19-23(32-13-17-35-18-14-32)29-25(30-24)31-26(36)28-20-27(10-15-34-16-11-27)22-8-3-2-4-9-22/h2-4,8-9,19,21H,5-7,10-18,20H2,1H3,(H2,28,29,30,31,36)/t21-/m0/s1. The molecule has 0 aliphatic carbocycles. The molecule has 0 spiro atoms. The van der Waals surface area contributed by atoms with Crippen molar-refractivity contribution in [2.75, 3.05) is 67.7 Å². The van der Waals surface area contributed by atoms with Crippen LogP contribution in [0.25, 0.3) is 0 Å². The van der Waals surface area contributed by atoms with Gasteiger partial charge in [-0.15, -0.1) is 0 Å². The molecular weight excluding hydrogens is 472 g/mol. The van der Waals surface area contributed by atoms with E-state index in [1.165, 1.54) is 24.8 Å². The molecule has 1 aromatic heterocycles. The predicted octanol–water partition coefficient (Wildman–Crippen LogP) is 3.73. The second kappa shape index (κ2) is 11.7. The van der Waals surface area contributed by atoms with Crippen molar-refractivity contribution in [2.24, 2.45) is 0 Å². The van der Waals surface area contributed by atoms with Crippen LogP contribution >= 0.6 is 12.2 Å². The van der Waals surface area contributed by atoms with Gasteiger partial charge in [0.2, 0.25) is 5.95 Å². The van der Waals surface area contributed by atoms with Crippen molar-refractivity contribution in [1.82, 2.24) is 15.3 Å². The highest BCUT2D eigenvalue weighted by molar-refractivity contribution is 7.80. The lowest BCUT2D eigenvalue weighted by Crippen LogP contribution is -2.45. The van der Waals surface area contributed by atoms with Crippen LogP contribution in [0.5, 0.6) is 0 Å². The molecule has 0 amide bonds. The summed E-state index contributed by atoms with van der Waals surface area (Å²) in [6.07, 6.45) is 5.58. The number of morpholine rings is 1. The van der Waals surface area contributed by atoms with Crippen molar-refractivity contribution >= 4 is 34.9 Å². The van der Waals surface area contributed by atoms with Gasteiger partial charge in [-0.2, -0.15) is 9.97 Å². The summed E-state index contributed by atoms with van der Waals surface area (Å²) in [5.74, 6) is 2.44. The number of nitrogens with zero attached hydrogens (tertiary/aromatic N) is 4. The number of hydrogen-bond acceptors (Lipinski definition) is 7. The minimum Gasteiger partial charge on any atom is -0.381 e. The highest BCUT2D eigenvalue weighted by Gasteiger charge is 2.34. The number of ether oxygens (including phenoxy) is 2. The van der Waals surface area contributed by atoms with E-state index >= 15 is 0 Å². The van der Waals surface area contributed by atoms with Crippen molar-refractivity contribution in [3.63, 3.8) is 0 Å². The van der Waals surface area contributed by atoms with E-state index in [9.17, 15) is 0 Å². The fourth-order valence-corrected chi connectivity index (χ4v) is 5.70. The molecule has 194 valence electrons. The molecule has 36 heavy (non-hydrogen) atoms. The first-order valence-electron chi connectivity index (χ1n) is 13.3. The molecule has 1 atom stereocenters. The smallest absolute Gasteiger partial charge is 0.232 e. The average molecular weight is 511 g/mol. The fraction of sp³-hybridized carbons (Fsp3) is 0.593. The van der Waals surface area contributed by atoms with E-state index in [2.05, 4.69) is 63.8 Å². The number of piperidine rings is 1. The Kier molecular flexibility index (Phi) is 8.19. The maximum absolute atomic E-state index is 5.75. The summed E-state index contributed by atoms with van der Waals surface area (Å²) >= 11 is 5.75. The number of thiocarbonyl (C=S) groups is 1. The lowest BCUT2D eigenvalue weighted by Gasteiger charge is -2.38. The van der Waals surface area contributed by atoms with Gasteiger partial charge in [0.15, 0.2) is 5.11 Å². The van der Waals surface area contributed by atoms with Crippen LogP contribution in [-0.2, 0) is 14.9 Å². The molecule has 3 fully saturated rings. The molecule has 3 aliphatic rings. The SMILES string of the molecule is C[C@H]1CCCCN1c1cc(N2CCOCC2)nc(NC(=S)NCC2(c3ccccc3)CCOCC2)n1. The van der Waals surface area contributed by atoms with Crippen molar-refractivity contribution in [1.29, 1.82) is 0 Å². The Labute approximate surface area is 219 Å². The van der Waals surface area contributed by atoms with Crippen molar-refractivity contribution < 1.29 is 9.47 Å². The first kappa shape index (κ1) is 25.2. The molecule has 4 heterocycles. The second-order valence-corrected chi connectivity index (χ2v) is 10.5. The van der Waals surface area contributed by atoms with Gasteiger partial charge in [0.25, 0.3) is 0 Å². The minimum absolute atomic E-state index is 0.00382. The number of nitrogens with one attached hydrogen (secondary N) is 2. The van der Waals surface area contributed by atoms with E-state index in [0.717, 1.165) is 63.9 Å². The number of benzene rings is 1. The largest absolute Gasteiger partial charge is 0.381 e. The van der Waals surface area contributed by atoms with Crippen molar-refractivity contribution in [3.05, 3.63) is 42.0 Å². The molecule has 1 aromatic carbocycles. The van der Waals surface area contributed by atoms with E-state index in [1.54, 1.807) is 0 Å². The summed E-state index contributed by atoms with van der Waals surface area (Å²) in [7, 11) is 0. The van der Waals surface area contributed by atoms with Crippen LogP contribution in [0.1, 0.15) is 44.6 Å². The molecule has 0 unspecified atom stereocenters. The highest BCUT2D eigenvalue weighted by Crippen LogP contribution is 2.34. The number of anilines is 3. The second-order valence-electron chi connectivity index (χ2n) is 10.1. The van der Waals surface area contributed by atoms with E-state index in [0.29, 0.717) is 30.3 Å². The van der Waals surface area contributed by atoms with Gasteiger partial charge in [-0.25, -0.2) is 0 Å². The fourth-order valence-electron chi connectivity index (χ4n) is 5.53. The predicted molar refractivity (Wildman–Crippen MR) is 148 cm³/mol. The van der Waals surface area contributed by atoms with E-state index in [-0.39, 0.29) is 5.41 Å². The molecular formula is C27H38N6O2S. The third kappa shape index (κ3) is 5.90. The molecule has 3 aliphatic heterocycles. The maximum atomic E-state index is 5.75. The highest BCUT2D eigenvalue weighted by atomic mass is 32.1. The Bertz CT molecular complexity index is 1010. The third-order valence-corrected chi connectivity index (χ3v) is 8.03. The van der Waals surface area contributed by atoms with Gasteiger partial charge in [-0.1, -0.05) is 30.3 Å². The summed E-state index contributed by atoms with van der Waals surface area (Å²) in [6.45, 7) is 8.66. The topological polar surface area (TPSA) is 74.8 Å². The van der Waals surface area contributed by atoms with Gasteiger partial charge in [0.05, 0.1) is 13.2 Å². The number of aromatic nitrogens is 2. The van der Waals surface area contributed by atoms with Crippen LogP contribution < -0.4 is 20.4 Å². The van der Waals surface area contributed by atoms with Crippen LogP contribution in [0.15, 0.2) is 36.4 Å². The van der Waals surface area contributed by atoms with Gasteiger partial charge in [0, 0.05) is 56.9 Å². The molecule has 0 radical (unpaired) electrons. The zero-order chi connectivity index (χ0) is 24.8. The monoisotopic (exact) mass is 510 g/mol. The summed E-state index contributed by atoms with van der Waals surface area (Å²) < 4.78 is 11.2. The van der Waals surface area contributed by atoms with Crippen LogP contribution in [0.2, 0.25) is 0 Å². The zero-order valence-electron chi connectivity index (χ0n) is 21.2. The molecule has 2 N–H and O–H groups in total. The van der Waals surface area contributed by atoms with Gasteiger partial charge >= 0.3 is 0 Å². The number of rotatable bonds is 6. The zero-order valence-corrected chi connectivity index (χ0v) is 22.1. The lowest BCUT2D eigenvalue weighted by atomic mass is 9.74. The lowest BCUT2D eigenvalue weighted by molar-refractivity contribution is 0.0515. The Morgan fingerprint density at radius 2 is 1.72 bits per heavy atom. The Morgan fingerprint density at radius 1 is 1.00 bits per heavy atom. The normalized spacial score (nSPS) is 22.2. The molecule has 9 heteroatoms. The van der Waals surface area contributed by atoms with Crippen molar-refractivity contribution in [3.8, 4) is 0 Å². The number of hydrogen-bond donors (Lipinski definition) is 2. The van der Waals surface area contributed by atoms with Crippen molar-refractivity contribution in [2.45, 2.75) is 50.5 Å². The molecule has 8 nitrogen and oxygen atoms in total. The Balaban J connectivity index is 1.33. The Morgan fingerprint density at radius 3 is 2.47 bits per heavy atom. The maximum Gasteiger partial charge on any atom is 0.232 e. The van der Waals surface area contributed by atoms with Gasteiger partial charge in [-0.3, -0.25) is 0 Å². The first-order chi connectivity index (χ1) is 17.6. The summed E-state index contributed by atoms with van der Waals surface area (Å²) in [4.78, 5) is 14.5. The first-order valence-corrected chi connectivity index (χ1v) is 13.7. The molecule has 0 bridgehead atoms. The van der Waals surface area contributed by atoms with Gasteiger partial charge < -0.3 is 29.9 Å². The van der Waals surface area contributed by atoms with Gasteiger partial charge in [0.1, 0.15) is 11.6 Å². The summed E-state index contributed by atoms with van der Waals surface area (Å²) in [5.41, 5.74) is 1.33. The summed E-state index contributed by atoms with van der Waals surface area (Å²) in [6, 6.07) is 13.3. The molecule has 5 rings (SSSR count). The third-order valence-electron chi connectivity index (χ3n) is 7.78. The van der Waals surface area contributed by atoms with Gasteiger partial charge in [-0.05, 0) is 56.8 Å². The van der Waals surface area contributed by atoms with Crippen LogP contribution in [0, 0.1) is 0 Å².